The number of hydrogen-bond donors (Lipinski definition) is 1. The van der Waals surface area contributed by atoms with Gasteiger partial charge in [-0.15, -0.1) is 0 Å². The highest BCUT2D eigenvalue weighted by atomic mass is 16.5. The van der Waals surface area contributed by atoms with Gasteiger partial charge in [-0.3, -0.25) is 0 Å². The first kappa shape index (κ1) is 14.6. The molecule has 0 atom stereocenters. The van der Waals surface area contributed by atoms with Crippen LogP contribution in [0.5, 0.6) is 11.5 Å². The quantitative estimate of drug-likeness (QED) is 0.862. The molecule has 0 amide bonds. The van der Waals surface area contributed by atoms with Gasteiger partial charge in [-0.2, -0.15) is 0 Å². The van der Waals surface area contributed by atoms with Crippen molar-refractivity contribution in [2.75, 3.05) is 6.54 Å². The van der Waals surface area contributed by atoms with Gasteiger partial charge in [0, 0.05) is 6.54 Å². The van der Waals surface area contributed by atoms with Crippen molar-refractivity contribution in [3.05, 3.63) is 58.7 Å². The van der Waals surface area contributed by atoms with E-state index in [0.717, 1.165) is 30.2 Å². The second-order valence-electron chi connectivity index (χ2n) is 5.25. The van der Waals surface area contributed by atoms with Gasteiger partial charge in [0.15, 0.2) is 0 Å². The molecule has 2 heteroatoms. The summed E-state index contributed by atoms with van der Waals surface area (Å²) in [6.07, 6.45) is 0. The zero-order valence-corrected chi connectivity index (χ0v) is 12.8. The van der Waals surface area contributed by atoms with Gasteiger partial charge in [0.25, 0.3) is 0 Å². The predicted molar refractivity (Wildman–Crippen MR) is 84.5 cm³/mol. The molecule has 0 aliphatic heterocycles. The number of aryl methyl sites for hydroxylation is 3. The summed E-state index contributed by atoms with van der Waals surface area (Å²) in [5.41, 5.74) is 4.83. The number of nitrogens with one attached hydrogen (secondary N) is 1. The molecule has 2 aromatic rings. The molecule has 106 valence electrons. The summed E-state index contributed by atoms with van der Waals surface area (Å²) < 4.78 is 6.09. The van der Waals surface area contributed by atoms with Crippen molar-refractivity contribution >= 4 is 0 Å². The molecule has 0 aliphatic rings. The van der Waals surface area contributed by atoms with Gasteiger partial charge < -0.3 is 10.1 Å². The van der Waals surface area contributed by atoms with Crippen molar-refractivity contribution in [3.63, 3.8) is 0 Å². The molecule has 0 fully saturated rings. The standard InChI is InChI=1S/C18H23NO/c1-5-19-12-16-8-7-14(3)18(11-16)20-17-9-6-13(2)10-15(17)4/h6-11,19H,5,12H2,1-4H3. The maximum atomic E-state index is 6.09. The van der Waals surface area contributed by atoms with E-state index in [1.165, 1.54) is 16.7 Å². The molecule has 0 unspecified atom stereocenters. The molecule has 0 spiro atoms. The summed E-state index contributed by atoms with van der Waals surface area (Å²) in [6.45, 7) is 10.2. The molecular formula is C18H23NO. The number of rotatable bonds is 5. The topological polar surface area (TPSA) is 21.3 Å². The maximum absolute atomic E-state index is 6.09. The third kappa shape index (κ3) is 3.61. The second kappa shape index (κ2) is 6.58. The SMILES string of the molecule is CCNCc1ccc(C)c(Oc2ccc(C)cc2C)c1. The van der Waals surface area contributed by atoms with E-state index >= 15 is 0 Å². The lowest BCUT2D eigenvalue weighted by Gasteiger charge is -2.13. The van der Waals surface area contributed by atoms with Crippen LogP contribution < -0.4 is 10.1 Å². The van der Waals surface area contributed by atoms with Gasteiger partial charge in [-0.1, -0.05) is 36.8 Å². The Morgan fingerprint density at radius 2 is 1.70 bits per heavy atom. The zero-order chi connectivity index (χ0) is 14.5. The van der Waals surface area contributed by atoms with Gasteiger partial charge in [0.2, 0.25) is 0 Å². The van der Waals surface area contributed by atoms with Gasteiger partial charge in [-0.25, -0.2) is 0 Å². The fourth-order valence-corrected chi connectivity index (χ4v) is 2.17. The van der Waals surface area contributed by atoms with E-state index in [1.807, 2.05) is 6.07 Å². The molecule has 2 rings (SSSR count). The highest BCUT2D eigenvalue weighted by Crippen LogP contribution is 2.29. The molecule has 0 aromatic heterocycles. The highest BCUT2D eigenvalue weighted by Gasteiger charge is 2.06. The molecule has 2 aromatic carbocycles. The maximum Gasteiger partial charge on any atom is 0.130 e. The molecule has 0 saturated carbocycles. The van der Waals surface area contributed by atoms with E-state index < -0.39 is 0 Å². The number of ether oxygens (including phenoxy) is 1. The third-order valence-corrected chi connectivity index (χ3v) is 3.38. The molecule has 0 aliphatic carbocycles. The van der Waals surface area contributed by atoms with E-state index in [2.05, 4.69) is 63.3 Å². The largest absolute Gasteiger partial charge is 0.457 e. The van der Waals surface area contributed by atoms with Crippen LogP contribution in [0, 0.1) is 20.8 Å². The molecule has 0 saturated heterocycles. The van der Waals surface area contributed by atoms with E-state index in [-0.39, 0.29) is 0 Å². The number of hydrogen-bond acceptors (Lipinski definition) is 2. The summed E-state index contributed by atoms with van der Waals surface area (Å²) in [4.78, 5) is 0. The molecule has 1 N–H and O–H groups in total. The highest BCUT2D eigenvalue weighted by molar-refractivity contribution is 5.43. The smallest absolute Gasteiger partial charge is 0.130 e. The van der Waals surface area contributed by atoms with E-state index in [0.29, 0.717) is 0 Å². The average molecular weight is 269 g/mol. The normalized spacial score (nSPS) is 10.6. The van der Waals surface area contributed by atoms with Crippen LogP contribution in [0.25, 0.3) is 0 Å². The van der Waals surface area contributed by atoms with Crippen LogP contribution in [-0.2, 0) is 6.54 Å². The van der Waals surface area contributed by atoms with Crippen molar-refractivity contribution in [2.24, 2.45) is 0 Å². The lowest BCUT2D eigenvalue weighted by atomic mass is 10.1. The lowest BCUT2D eigenvalue weighted by Crippen LogP contribution is -2.11. The Bertz CT molecular complexity index is 590. The zero-order valence-electron chi connectivity index (χ0n) is 12.8. The number of benzene rings is 2. The summed E-state index contributed by atoms with van der Waals surface area (Å²) >= 11 is 0. The molecule has 0 bridgehead atoms. The summed E-state index contributed by atoms with van der Waals surface area (Å²) in [5, 5.41) is 3.34. The first-order chi connectivity index (χ1) is 9.60. The monoisotopic (exact) mass is 269 g/mol. The Balaban J connectivity index is 2.23. The van der Waals surface area contributed by atoms with Crippen molar-refractivity contribution in [3.8, 4) is 11.5 Å². The first-order valence-corrected chi connectivity index (χ1v) is 7.15. The fraction of sp³-hybridized carbons (Fsp3) is 0.333. The molecule has 0 radical (unpaired) electrons. The minimum absolute atomic E-state index is 0.875. The Morgan fingerprint density at radius 3 is 2.40 bits per heavy atom. The Labute approximate surface area is 121 Å². The van der Waals surface area contributed by atoms with Crippen molar-refractivity contribution in [1.82, 2.24) is 5.32 Å². The van der Waals surface area contributed by atoms with Crippen molar-refractivity contribution in [2.45, 2.75) is 34.2 Å². The van der Waals surface area contributed by atoms with Crippen LogP contribution in [0.15, 0.2) is 36.4 Å². The predicted octanol–water partition coefficient (Wildman–Crippen LogP) is 4.51. The van der Waals surface area contributed by atoms with Crippen molar-refractivity contribution in [1.29, 1.82) is 0 Å². The van der Waals surface area contributed by atoms with Crippen LogP contribution in [0.2, 0.25) is 0 Å². The summed E-state index contributed by atoms with van der Waals surface area (Å²) in [5.74, 6) is 1.87. The van der Waals surface area contributed by atoms with Crippen molar-refractivity contribution < 1.29 is 4.74 Å². The molecular weight excluding hydrogens is 246 g/mol. The van der Waals surface area contributed by atoms with Gasteiger partial charge >= 0.3 is 0 Å². The molecule has 20 heavy (non-hydrogen) atoms. The molecule has 2 nitrogen and oxygen atoms in total. The fourth-order valence-electron chi connectivity index (χ4n) is 2.17. The van der Waals surface area contributed by atoms with Crippen LogP contribution in [0.3, 0.4) is 0 Å². The second-order valence-corrected chi connectivity index (χ2v) is 5.25. The minimum atomic E-state index is 0.875. The third-order valence-electron chi connectivity index (χ3n) is 3.38. The Kier molecular flexibility index (Phi) is 4.80. The average Bonchev–Trinajstić information content (AvgIpc) is 2.42. The Hall–Kier alpha value is -1.80. The molecule has 0 heterocycles. The van der Waals surface area contributed by atoms with Crippen LogP contribution >= 0.6 is 0 Å². The van der Waals surface area contributed by atoms with Gasteiger partial charge in [0.05, 0.1) is 0 Å². The Morgan fingerprint density at radius 1 is 0.900 bits per heavy atom. The van der Waals surface area contributed by atoms with Gasteiger partial charge in [-0.05, 0) is 56.1 Å². The van der Waals surface area contributed by atoms with E-state index in [4.69, 9.17) is 4.74 Å². The van der Waals surface area contributed by atoms with Crippen LogP contribution in [0.4, 0.5) is 0 Å². The first-order valence-electron chi connectivity index (χ1n) is 7.15. The van der Waals surface area contributed by atoms with E-state index in [1.54, 1.807) is 0 Å². The van der Waals surface area contributed by atoms with Crippen LogP contribution in [0.1, 0.15) is 29.2 Å². The minimum Gasteiger partial charge on any atom is -0.457 e. The van der Waals surface area contributed by atoms with Crippen LogP contribution in [-0.4, -0.2) is 6.54 Å². The summed E-state index contributed by atoms with van der Waals surface area (Å²) in [7, 11) is 0. The summed E-state index contributed by atoms with van der Waals surface area (Å²) in [6, 6.07) is 12.7. The van der Waals surface area contributed by atoms with E-state index in [9.17, 15) is 0 Å². The van der Waals surface area contributed by atoms with Gasteiger partial charge in [0.1, 0.15) is 11.5 Å². The lowest BCUT2D eigenvalue weighted by molar-refractivity contribution is 0.474.